The summed E-state index contributed by atoms with van der Waals surface area (Å²) < 4.78 is 0. The molecule has 0 saturated carbocycles. The number of urea groups is 1. The van der Waals surface area contributed by atoms with Crippen LogP contribution in [0.4, 0.5) is 16.7 Å². The van der Waals surface area contributed by atoms with Gasteiger partial charge in [-0.05, 0) is 12.1 Å². The first-order valence-electron chi connectivity index (χ1n) is 5.77. The van der Waals surface area contributed by atoms with Crippen molar-refractivity contribution in [2.24, 2.45) is 0 Å². The summed E-state index contributed by atoms with van der Waals surface area (Å²) in [5.41, 5.74) is 1.40. The van der Waals surface area contributed by atoms with Crippen LogP contribution < -0.4 is 10.2 Å². The molecule has 2 aromatic heterocycles. The Hall–Kier alpha value is -3.16. The van der Waals surface area contributed by atoms with Crippen LogP contribution in [0.25, 0.3) is 11.0 Å². The monoisotopic (exact) mass is 270 g/mol. The number of benzene rings is 1. The van der Waals surface area contributed by atoms with E-state index in [0.29, 0.717) is 11.9 Å². The van der Waals surface area contributed by atoms with E-state index in [1.807, 2.05) is 12.1 Å². The van der Waals surface area contributed by atoms with Crippen molar-refractivity contribution in [1.82, 2.24) is 19.9 Å². The van der Waals surface area contributed by atoms with Crippen molar-refractivity contribution in [3.63, 3.8) is 0 Å². The zero-order chi connectivity index (χ0) is 13.9. The van der Waals surface area contributed by atoms with Gasteiger partial charge in [-0.15, -0.1) is 0 Å². The van der Waals surface area contributed by atoms with Crippen molar-refractivity contribution in [3.8, 4) is 0 Å². The van der Waals surface area contributed by atoms with E-state index in [2.05, 4.69) is 25.3 Å². The largest absolute Gasteiger partial charge is 0.337 e. The summed E-state index contributed by atoms with van der Waals surface area (Å²) in [7, 11) is 0. The van der Waals surface area contributed by atoms with Gasteiger partial charge in [0.1, 0.15) is 0 Å². The number of anilines is 2. The number of H-pyrrole nitrogens is 2. The second kappa shape index (κ2) is 4.84. The van der Waals surface area contributed by atoms with Crippen LogP contribution in [0.15, 0.2) is 36.7 Å². The molecule has 0 spiro atoms. The molecule has 0 aliphatic heterocycles. The Morgan fingerprint density at radius 2 is 2.20 bits per heavy atom. The van der Waals surface area contributed by atoms with E-state index < -0.39 is 6.03 Å². The highest BCUT2D eigenvalue weighted by Gasteiger charge is 2.19. The number of nitrogens with zero attached hydrogens (tertiary/aromatic N) is 3. The normalized spacial score (nSPS) is 10.4. The topological polar surface area (TPSA) is 107 Å². The van der Waals surface area contributed by atoms with E-state index in [1.165, 1.54) is 6.20 Å². The van der Waals surface area contributed by atoms with Crippen LogP contribution in [0.5, 0.6) is 0 Å². The number of rotatable bonds is 3. The quantitative estimate of drug-likeness (QED) is 0.626. The average molecular weight is 270 g/mol. The van der Waals surface area contributed by atoms with Gasteiger partial charge in [-0.2, -0.15) is 0 Å². The highest BCUT2D eigenvalue weighted by Crippen LogP contribution is 2.16. The number of nitrogens with one attached hydrogen (secondary N) is 3. The number of fused-ring (bicyclic) bond motifs is 1. The fraction of sp³-hybridized carbons (Fsp3) is 0. The maximum atomic E-state index is 12.0. The van der Waals surface area contributed by atoms with Crippen molar-refractivity contribution in [1.29, 1.82) is 0 Å². The standard InChI is InChI=1S/C12H10N6O2/c19-7-18(12(20)17-10-13-5-6-14-10)11-15-8-3-1-2-4-9(8)16-11/h1-7H,(H,15,16)(H2,13,14,17,20). The van der Waals surface area contributed by atoms with Gasteiger partial charge in [0, 0.05) is 12.4 Å². The predicted molar refractivity (Wildman–Crippen MR) is 72.2 cm³/mol. The number of carbonyl (C=O) groups is 2. The van der Waals surface area contributed by atoms with E-state index in [1.54, 1.807) is 18.3 Å². The third-order valence-corrected chi connectivity index (χ3v) is 2.65. The number of carbonyl (C=O) groups excluding carboxylic acids is 2. The number of imidazole rings is 2. The smallest absolute Gasteiger partial charge is 0.331 e. The van der Waals surface area contributed by atoms with Crippen molar-refractivity contribution < 1.29 is 9.59 Å². The van der Waals surface area contributed by atoms with Gasteiger partial charge < -0.3 is 9.97 Å². The van der Waals surface area contributed by atoms with Crippen molar-refractivity contribution in [2.75, 3.05) is 10.2 Å². The summed E-state index contributed by atoms with van der Waals surface area (Å²) >= 11 is 0. The fourth-order valence-electron chi connectivity index (χ4n) is 1.74. The Labute approximate surface area is 112 Å². The Bertz CT molecular complexity index is 715. The lowest BCUT2D eigenvalue weighted by atomic mass is 10.3. The molecule has 3 aromatic rings. The number of hydrogen-bond acceptors (Lipinski definition) is 4. The molecule has 0 atom stereocenters. The summed E-state index contributed by atoms with van der Waals surface area (Å²) in [5.74, 6) is 0.392. The molecule has 3 rings (SSSR count). The number of imide groups is 1. The Morgan fingerprint density at radius 3 is 2.90 bits per heavy atom. The maximum absolute atomic E-state index is 12.0. The van der Waals surface area contributed by atoms with Crippen LogP contribution in [0.1, 0.15) is 0 Å². The van der Waals surface area contributed by atoms with Gasteiger partial charge in [-0.3, -0.25) is 10.1 Å². The van der Waals surface area contributed by atoms with Gasteiger partial charge in [0.15, 0.2) is 0 Å². The zero-order valence-corrected chi connectivity index (χ0v) is 10.2. The second-order valence-electron chi connectivity index (χ2n) is 3.92. The lowest BCUT2D eigenvalue weighted by Gasteiger charge is -2.11. The van der Waals surface area contributed by atoms with Crippen LogP contribution in [-0.4, -0.2) is 32.4 Å². The number of aromatic nitrogens is 4. The van der Waals surface area contributed by atoms with E-state index in [4.69, 9.17) is 0 Å². The minimum Gasteiger partial charge on any atom is -0.331 e. The molecule has 0 saturated heterocycles. The molecule has 0 bridgehead atoms. The first-order valence-corrected chi connectivity index (χ1v) is 5.77. The van der Waals surface area contributed by atoms with Crippen LogP contribution in [0, 0.1) is 0 Å². The molecular formula is C12H10N6O2. The van der Waals surface area contributed by atoms with Crippen molar-refractivity contribution in [3.05, 3.63) is 36.7 Å². The summed E-state index contributed by atoms with van der Waals surface area (Å²) in [6.45, 7) is 0. The minimum absolute atomic E-state index is 0.144. The molecule has 1 aromatic carbocycles. The summed E-state index contributed by atoms with van der Waals surface area (Å²) in [6, 6.07) is 6.58. The van der Waals surface area contributed by atoms with Crippen molar-refractivity contribution >= 4 is 35.4 Å². The summed E-state index contributed by atoms with van der Waals surface area (Å²) in [5, 5.41) is 2.44. The molecular weight excluding hydrogens is 260 g/mol. The molecule has 8 nitrogen and oxygen atoms in total. The molecule has 20 heavy (non-hydrogen) atoms. The van der Waals surface area contributed by atoms with E-state index in [-0.39, 0.29) is 11.9 Å². The first kappa shape index (κ1) is 11.9. The first-order chi connectivity index (χ1) is 9.78. The van der Waals surface area contributed by atoms with E-state index in [0.717, 1.165) is 10.4 Å². The van der Waals surface area contributed by atoms with Gasteiger partial charge in [-0.1, -0.05) is 12.1 Å². The third kappa shape index (κ3) is 2.09. The molecule has 0 aliphatic rings. The SMILES string of the molecule is O=CN(C(=O)Nc1ncc[nH]1)c1nc2ccccc2[nH]1. The minimum atomic E-state index is -0.658. The molecule has 0 unspecified atom stereocenters. The third-order valence-electron chi connectivity index (χ3n) is 2.65. The Balaban J connectivity index is 1.88. The van der Waals surface area contributed by atoms with Gasteiger partial charge >= 0.3 is 6.03 Å². The molecule has 0 aliphatic carbocycles. The highest BCUT2D eigenvalue weighted by molar-refractivity contribution is 6.10. The summed E-state index contributed by atoms with van der Waals surface area (Å²) in [4.78, 5) is 37.6. The zero-order valence-electron chi connectivity index (χ0n) is 10.2. The summed E-state index contributed by atoms with van der Waals surface area (Å²) in [6.07, 6.45) is 3.43. The number of para-hydroxylation sites is 2. The highest BCUT2D eigenvalue weighted by atomic mass is 16.2. The van der Waals surface area contributed by atoms with E-state index >= 15 is 0 Å². The van der Waals surface area contributed by atoms with Crippen LogP contribution in [-0.2, 0) is 4.79 Å². The average Bonchev–Trinajstić information content (AvgIpc) is 3.08. The molecule has 3 amide bonds. The van der Waals surface area contributed by atoms with Crippen LogP contribution >= 0.6 is 0 Å². The molecule has 100 valence electrons. The van der Waals surface area contributed by atoms with Gasteiger partial charge in [-0.25, -0.2) is 19.7 Å². The lowest BCUT2D eigenvalue weighted by molar-refractivity contribution is -0.106. The van der Waals surface area contributed by atoms with Gasteiger partial charge in [0.2, 0.25) is 18.3 Å². The number of hydrogen-bond donors (Lipinski definition) is 3. The second-order valence-corrected chi connectivity index (χ2v) is 3.92. The molecule has 3 N–H and O–H groups in total. The Kier molecular flexibility index (Phi) is 2.88. The Morgan fingerprint density at radius 1 is 1.35 bits per heavy atom. The number of amides is 3. The molecule has 2 heterocycles. The molecule has 0 radical (unpaired) electrons. The molecule has 8 heteroatoms. The van der Waals surface area contributed by atoms with Crippen LogP contribution in [0.3, 0.4) is 0 Å². The molecule has 0 fully saturated rings. The van der Waals surface area contributed by atoms with E-state index in [9.17, 15) is 9.59 Å². The van der Waals surface area contributed by atoms with Gasteiger partial charge in [0.05, 0.1) is 11.0 Å². The van der Waals surface area contributed by atoms with Gasteiger partial charge in [0.25, 0.3) is 0 Å². The predicted octanol–water partition coefficient (Wildman–Crippen LogP) is 1.48. The van der Waals surface area contributed by atoms with Crippen LogP contribution in [0.2, 0.25) is 0 Å². The number of aromatic amines is 2. The lowest BCUT2D eigenvalue weighted by Crippen LogP contribution is -2.34. The fourth-order valence-corrected chi connectivity index (χ4v) is 1.74. The maximum Gasteiger partial charge on any atom is 0.337 e. The van der Waals surface area contributed by atoms with Crippen molar-refractivity contribution in [2.45, 2.75) is 0 Å².